The van der Waals surface area contributed by atoms with E-state index >= 15 is 0 Å². The van der Waals surface area contributed by atoms with Gasteiger partial charge in [0.05, 0.1) is 6.04 Å². The molecule has 1 atom stereocenters. The summed E-state index contributed by atoms with van der Waals surface area (Å²) in [5.41, 5.74) is 0. The Bertz CT molecular complexity index is 96.4. The highest BCUT2D eigenvalue weighted by molar-refractivity contribution is 7.99. The van der Waals surface area contributed by atoms with E-state index in [9.17, 15) is 4.79 Å². The van der Waals surface area contributed by atoms with Crippen LogP contribution >= 0.6 is 11.8 Å². The molecule has 1 fully saturated rings. The molecule has 1 aliphatic heterocycles. The van der Waals surface area contributed by atoms with Gasteiger partial charge in [-0.2, -0.15) is 0 Å². The van der Waals surface area contributed by atoms with Gasteiger partial charge in [0, 0.05) is 11.6 Å². The number of nitrogens with zero attached hydrogens (tertiary/aromatic N) is 1. The Labute approximate surface area is 53.2 Å². The minimum absolute atomic E-state index is 0.181. The molecule has 0 aromatic carbocycles. The highest BCUT2D eigenvalue weighted by Crippen LogP contribution is 2.16. The monoisotopic (exact) mass is 131 g/mol. The molecule has 1 heterocycles. The van der Waals surface area contributed by atoms with Gasteiger partial charge in [-0.05, 0) is 7.05 Å². The summed E-state index contributed by atoms with van der Waals surface area (Å²) in [6, 6.07) is 0.181. The molecule has 3 heteroatoms. The quantitative estimate of drug-likeness (QED) is 0.474. The minimum Gasteiger partial charge on any atom is -0.302 e. The van der Waals surface area contributed by atoms with E-state index in [0.29, 0.717) is 0 Å². The Kier molecular flexibility index (Phi) is 1.91. The predicted molar refractivity (Wildman–Crippen MR) is 34.9 cm³/mol. The van der Waals surface area contributed by atoms with Crippen LogP contribution < -0.4 is 0 Å². The molecule has 1 saturated heterocycles. The number of carbonyl (C=O) groups is 1. The van der Waals surface area contributed by atoms with Crippen LogP contribution in [0.25, 0.3) is 0 Å². The summed E-state index contributed by atoms with van der Waals surface area (Å²) < 4.78 is 0. The molecule has 0 aromatic rings. The fourth-order valence-electron chi connectivity index (χ4n) is 0.684. The fraction of sp³-hybridized carbons (Fsp3) is 0.800. The predicted octanol–water partition coefficient (Wildman–Crippen LogP) is 0.190. The van der Waals surface area contributed by atoms with E-state index in [1.807, 2.05) is 18.8 Å². The van der Waals surface area contributed by atoms with E-state index in [-0.39, 0.29) is 6.04 Å². The molecule has 1 rings (SSSR count). The van der Waals surface area contributed by atoms with Crippen LogP contribution in [0.15, 0.2) is 0 Å². The van der Waals surface area contributed by atoms with Crippen LogP contribution in [0.1, 0.15) is 0 Å². The van der Waals surface area contributed by atoms with Crippen molar-refractivity contribution in [2.45, 2.75) is 6.04 Å². The van der Waals surface area contributed by atoms with Crippen LogP contribution in [-0.4, -0.2) is 35.9 Å². The zero-order chi connectivity index (χ0) is 5.98. The number of rotatable bonds is 1. The van der Waals surface area contributed by atoms with E-state index in [1.54, 1.807) is 0 Å². The number of thioether (sulfide) groups is 1. The van der Waals surface area contributed by atoms with Crippen LogP contribution in [0.2, 0.25) is 0 Å². The first-order chi connectivity index (χ1) is 3.84. The number of hydrogen-bond acceptors (Lipinski definition) is 3. The third kappa shape index (κ3) is 1.03. The van der Waals surface area contributed by atoms with Crippen molar-refractivity contribution in [2.75, 3.05) is 18.7 Å². The van der Waals surface area contributed by atoms with Crippen molar-refractivity contribution >= 4 is 18.0 Å². The van der Waals surface area contributed by atoms with Crippen molar-refractivity contribution < 1.29 is 4.79 Å². The topological polar surface area (TPSA) is 20.3 Å². The lowest BCUT2D eigenvalue weighted by Crippen LogP contribution is -2.27. The zero-order valence-electron chi connectivity index (χ0n) is 4.83. The number of hydrogen-bond donors (Lipinski definition) is 0. The number of likely N-dealkylation sites (N-methyl/N-ethyl adjacent to an activating group) is 1. The Morgan fingerprint density at radius 1 is 1.88 bits per heavy atom. The van der Waals surface area contributed by atoms with E-state index in [1.165, 1.54) is 0 Å². The summed E-state index contributed by atoms with van der Waals surface area (Å²) in [4.78, 5) is 12.2. The van der Waals surface area contributed by atoms with Gasteiger partial charge < -0.3 is 4.79 Å². The number of aldehydes is 1. The molecular weight excluding hydrogens is 122 g/mol. The van der Waals surface area contributed by atoms with Crippen LogP contribution in [0, 0.1) is 0 Å². The molecule has 0 bridgehead atoms. The van der Waals surface area contributed by atoms with Crippen molar-refractivity contribution in [3.63, 3.8) is 0 Å². The van der Waals surface area contributed by atoms with Crippen LogP contribution in [0.4, 0.5) is 0 Å². The maximum Gasteiger partial charge on any atom is 0.137 e. The lowest BCUT2D eigenvalue weighted by molar-refractivity contribution is -0.110. The van der Waals surface area contributed by atoms with Gasteiger partial charge in [-0.3, -0.25) is 4.90 Å². The average Bonchev–Trinajstić information content (AvgIpc) is 2.14. The lowest BCUT2D eigenvalue weighted by Gasteiger charge is -2.09. The summed E-state index contributed by atoms with van der Waals surface area (Å²) in [5.74, 6) is 1.98. The summed E-state index contributed by atoms with van der Waals surface area (Å²) in [7, 11) is 1.97. The molecule has 1 aliphatic rings. The molecule has 0 aromatic heterocycles. The first kappa shape index (κ1) is 6.11. The summed E-state index contributed by atoms with van der Waals surface area (Å²) in [6.07, 6.45) is 1.01. The molecular formula is C5H9NOS. The Hall–Kier alpha value is -0.0200. The van der Waals surface area contributed by atoms with E-state index < -0.39 is 0 Å². The van der Waals surface area contributed by atoms with Crippen molar-refractivity contribution in [1.82, 2.24) is 4.90 Å². The van der Waals surface area contributed by atoms with Crippen LogP contribution in [0.5, 0.6) is 0 Å². The molecule has 0 unspecified atom stereocenters. The first-order valence-electron chi connectivity index (χ1n) is 2.58. The highest BCUT2D eigenvalue weighted by atomic mass is 32.2. The van der Waals surface area contributed by atoms with Crippen LogP contribution in [0.3, 0.4) is 0 Å². The van der Waals surface area contributed by atoms with Gasteiger partial charge in [0.25, 0.3) is 0 Å². The maximum atomic E-state index is 10.2. The average molecular weight is 131 g/mol. The Morgan fingerprint density at radius 2 is 2.62 bits per heavy atom. The first-order valence-corrected chi connectivity index (χ1v) is 3.73. The standard InChI is InChI=1S/C5H9NOS/c1-6-4-8-3-5(6)2-7/h2,5H,3-4H2,1H3/t5-/m1/s1. The third-order valence-electron chi connectivity index (χ3n) is 1.31. The van der Waals surface area contributed by atoms with E-state index in [4.69, 9.17) is 0 Å². The largest absolute Gasteiger partial charge is 0.302 e. The van der Waals surface area contributed by atoms with Gasteiger partial charge in [0.1, 0.15) is 6.29 Å². The summed E-state index contributed by atoms with van der Waals surface area (Å²) in [5, 5.41) is 0. The van der Waals surface area contributed by atoms with Gasteiger partial charge in [-0.15, -0.1) is 11.8 Å². The Morgan fingerprint density at radius 3 is 2.88 bits per heavy atom. The summed E-state index contributed by atoms with van der Waals surface area (Å²) >= 11 is 1.81. The van der Waals surface area contributed by atoms with Gasteiger partial charge in [-0.25, -0.2) is 0 Å². The SMILES string of the molecule is CN1CSC[C@H]1C=O. The minimum atomic E-state index is 0.181. The normalized spacial score (nSPS) is 30.9. The van der Waals surface area contributed by atoms with Gasteiger partial charge in [0.15, 0.2) is 0 Å². The second-order valence-electron chi connectivity index (χ2n) is 1.96. The van der Waals surface area contributed by atoms with Gasteiger partial charge in [0.2, 0.25) is 0 Å². The smallest absolute Gasteiger partial charge is 0.137 e. The molecule has 0 radical (unpaired) electrons. The molecule has 8 heavy (non-hydrogen) atoms. The summed E-state index contributed by atoms with van der Waals surface area (Å²) in [6.45, 7) is 0. The number of carbonyl (C=O) groups excluding carboxylic acids is 1. The van der Waals surface area contributed by atoms with Crippen LogP contribution in [-0.2, 0) is 4.79 Å². The molecule has 0 spiro atoms. The zero-order valence-corrected chi connectivity index (χ0v) is 5.65. The Balaban J connectivity index is 2.41. The molecule has 2 nitrogen and oxygen atoms in total. The van der Waals surface area contributed by atoms with Crippen molar-refractivity contribution in [2.24, 2.45) is 0 Å². The maximum absolute atomic E-state index is 10.2. The molecule has 0 N–H and O–H groups in total. The molecule has 0 saturated carbocycles. The van der Waals surface area contributed by atoms with Crippen molar-refractivity contribution in [1.29, 1.82) is 0 Å². The highest BCUT2D eigenvalue weighted by Gasteiger charge is 2.19. The molecule has 0 amide bonds. The van der Waals surface area contributed by atoms with Crippen molar-refractivity contribution in [3.8, 4) is 0 Å². The van der Waals surface area contributed by atoms with Gasteiger partial charge in [-0.1, -0.05) is 0 Å². The lowest BCUT2D eigenvalue weighted by atomic mass is 10.4. The second-order valence-corrected chi connectivity index (χ2v) is 2.96. The van der Waals surface area contributed by atoms with Gasteiger partial charge >= 0.3 is 0 Å². The van der Waals surface area contributed by atoms with Crippen molar-refractivity contribution in [3.05, 3.63) is 0 Å². The van der Waals surface area contributed by atoms with E-state index in [2.05, 4.69) is 4.90 Å². The fourth-order valence-corrected chi connectivity index (χ4v) is 1.84. The molecule has 46 valence electrons. The second kappa shape index (κ2) is 2.51. The molecule has 0 aliphatic carbocycles. The third-order valence-corrected chi connectivity index (χ3v) is 2.47. The van der Waals surface area contributed by atoms with E-state index in [0.717, 1.165) is 17.9 Å².